The van der Waals surface area contributed by atoms with Crippen LogP contribution < -0.4 is 5.32 Å². The van der Waals surface area contributed by atoms with Gasteiger partial charge in [0.1, 0.15) is 0 Å². The van der Waals surface area contributed by atoms with Gasteiger partial charge in [0.25, 0.3) is 0 Å². The normalized spacial score (nSPS) is 27.1. The second-order valence-electron chi connectivity index (χ2n) is 6.52. The van der Waals surface area contributed by atoms with Crippen molar-refractivity contribution < 1.29 is 9.90 Å². The third-order valence-corrected chi connectivity index (χ3v) is 4.59. The van der Waals surface area contributed by atoms with Crippen molar-refractivity contribution in [3.8, 4) is 0 Å². The molecule has 0 bridgehead atoms. The first kappa shape index (κ1) is 16.0. The van der Waals surface area contributed by atoms with Crippen LogP contribution >= 0.6 is 0 Å². The molecule has 1 saturated carbocycles. The smallest absolute Gasteiger partial charge is 0.227 e. The molecule has 0 aliphatic heterocycles. The van der Waals surface area contributed by atoms with E-state index < -0.39 is 5.60 Å². The Bertz CT molecular complexity index is 460. The Morgan fingerprint density at radius 3 is 2.76 bits per heavy atom. The number of benzene rings is 1. The van der Waals surface area contributed by atoms with Gasteiger partial charge in [-0.05, 0) is 30.7 Å². The van der Waals surface area contributed by atoms with E-state index in [4.69, 9.17) is 0 Å². The van der Waals surface area contributed by atoms with Crippen LogP contribution in [0.4, 0.5) is 0 Å². The van der Waals surface area contributed by atoms with Crippen molar-refractivity contribution in [1.82, 2.24) is 5.32 Å². The first-order chi connectivity index (χ1) is 10.0. The van der Waals surface area contributed by atoms with Crippen LogP contribution in [0.5, 0.6) is 0 Å². The van der Waals surface area contributed by atoms with E-state index in [1.807, 2.05) is 37.3 Å². The molecule has 0 spiro atoms. The molecule has 2 rings (SSSR count). The minimum absolute atomic E-state index is 0.0235. The van der Waals surface area contributed by atoms with Crippen molar-refractivity contribution in [3.05, 3.63) is 35.9 Å². The highest BCUT2D eigenvalue weighted by Gasteiger charge is 2.33. The van der Waals surface area contributed by atoms with E-state index in [2.05, 4.69) is 12.2 Å². The molecule has 3 unspecified atom stereocenters. The lowest BCUT2D eigenvalue weighted by Crippen LogP contribution is -2.46. The molecule has 1 amide bonds. The molecule has 3 nitrogen and oxygen atoms in total. The van der Waals surface area contributed by atoms with Gasteiger partial charge >= 0.3 is 0 Å². The van der Waals surface area contributed by atoms with Gasteiger partial charge in [-0.2, -0.15) is 0 Å². The summed E-state index contributed by atoms with van der Waals surface area (Å²) >= 11 is 0. The molecule has 1 aliphatic rings. The third-order valence-electron chi connectivity index (χ3n) is 4.59. The second-order valence-corrected chi connectivity index (χ2v) is 6.52. The predicted octanol–water partition coefficient (Wildman–Crippen LogP) is 3.24. The van der Waals surface area contributed by atoms with Gasteiger partial charge in [-0.3, -0.25) is 4.79 Å². The first-order valence-electron chi connectivity index (χ1n) is 8.09. The predicted molar refractivity (Wildman–Crippen MR) is 85.1 cm³/mol. The summed E-state index contributed by atoms with van der Waals surface area (Å²) in [5, 5.41) is 13.6. The molecule has 3 atom stereocenters. The molecule has 21 heavy (non-hydrogen) atoms. The van der Waals surface area contributed by atoms with Gasteiger partial charge in [0, 0.05) is 6.54 Å². The molecule has 2 N–H and O–H groups in total. The van der Waals surface area contributed by atoms with E-state index in [1.54, 1.807) is 0 Å². The summed E-state index contributed by atoms with van der Waals surface area (Å²) < 4.78 is 0. The van der Waals surface area contributed by atoms with Crippen LogP contribution in [-0.4, -0.2) is 23.2 Å². The van der Waals surface area contributed by atoms with Crippen LogP contribution in [0.2, 0.25) is 0 Å². The largest absolute Gasteiger partial charge is 0.388 e. The number of amides is 1. The van der Waals surface area contributed by atoms with Gasteiger partial charge < -0.3 is 10.4 Å². The standard InChI is InChI=1S/C18H27NO2/c1-3-16(15-9-5-4-6-10-15)17(20)19-13-18(21)11-7-8-14(2)12-18/h4-6,9-10,14,16,21H,3,7-8,11-13H2,1-2H3,(H,19,20). The van der Waals surface area contributed by atoms with Gasteiger partial charge in [-0.25, -0.2) is 0 Å². The lowest BCUT2D eigenvalue weighted by Gasteiger charge is -2.36. The van der Waals surface area contributed by atoms with Crippen molar-refractivity contribution in [2.24, 2.45) is 5.92 Å². The number of aliphatic hydroxyl groups is 1. The fourth-order valence-electron chi connectivity index (χ4n) is 3.43. The Morgan fingerprint density at radius 1 is 1.43 bits per heavy atom. The Morgan fingerprint density at radius 2 is 2.14 bits per heavy atom. The zero-order valence-corrected chi connectivity index (χ0v) is 13.1. The van der Waals surface area contributed by atoms with Gasteiger partial charge in [0.05, 0.1) is 11.5 Å². The van der Waals surface area contributed by atoms with Gasteiger partial charge in [-0.1, -0.05) is 57.0 Å². The minimum Gasteiger partial charge on any atom is -0.388 e. The van der Waals surface area contributed by atoms with Gasteiger partial charge in [-0.15, -0.1) is 0 Å². The lowest BCUT2D eigenvalue weighted by molar-refractivity contribution is -0.124. The molecule has 0 heterocycles. The number of hydrogen-bond acceptors (Lipinski definition) is 2. The zero-order valence-electron chi connectivity index (χ0n) is 13.1. The number of nitrogens with one attached hydrogen (secondary N) is 1. The fourth-order valence-corrected chi connectivity index (χ4v) is 3.43. The summed E-state index contributed by atoms with van der Waals surface area (Å²) in [4.78, 5) is 12.4. The SMILES string of the molecule is CCC(C(=O)NCC1(O)CCCC(C)C1)c1ccccc1. The number of carbonyl (C=O) groups is 1. The maximum atomic E-state index is 12.4. The maximum Gasteiger partial charge on any atom is 0.227 e. The van der Waals surface area contributed by atoms with Gasteiger partial charge in [0.2, 0.25) is 5.91 Å². The molecule has 0 aromatic heterocycles. The lowest BCUT2D eigenvalue weighted by atomic mass is 9.79. The van der Waals surface area contributed by atoms with Crippen LogP contribution in [-0.2, 0) is 4.79 Å². The molecule has 1 fully saturated rings. The topological polar surface area (TPSA) is 49.3 Å². The molecular weight excluding hydrogens is 262 g/mol. The van der Waals surface area contributed by atoms with Crippen molar-refractivity contribution >= 4 is 5.91 Å². The molecule has 1 aromatic carbocycles. The van der Waals surface area contributed by atoms with E-state index in [0.717, 1.165) is 31.2 Å². The highest BCUT2D eigenvalue weighted by molar-refractivity contribution is 5.83. The Balaban J connectivity index is 1.94. The summed E-state index contributed by atoms with van der Waals surface area (Å²) in [6, 6.07) is 9.86. The molecule has 116 valence electrons. The molecule has 0 saturated heterocycles. The van der Waals surface area contributed by atoms with Crippen molar-refractivity contribution in [2.45, 2.75) is 57.5 Å². The van der Waals surface area contributed by atoms with Gasteiger partial charge in [0.15, 0.2) is 0 Å². The average Bonchev–Trinajstić information content (AvgIpc) is 2.47. The van der Waals surface area contributed by atoms with Crippen LogP contribution in [0.25, 0.3) is 0 Å². The number of carbonyl (C=O) groups excluding carboxylic acids is 1. The van der Waals surface area contributed by atoms with Crippen LogP contribution in [0.15, 0.2) is 30.3 Å². The van der Waals surface area contributed by atoms with E-state index in [-0.39, 0.29) is 11.8 Å². The van der Waals surface area contributed by atoms with Crippen LogP contribution in [0, 0.1) is 5.92 Å². The summed E-state index contributed by atoms with van der Waals surface area (Å²) in [6.45, 7) is 4.57. The highest BCUT2D eigenvalue weighted by Crippen LogP contribution is 2.31. The van der Waals surface area contributed by atoms with Crippen LogP contribution in [0.3, 0.4) is 0 Å². The van der Waals surface area contributed by atoms with Crippen molar-refractivity contribution in [2.75, 3.05) is 6.54 Å². The number of rotatable bonds is 5. The molecule has 1 aliphatic carbocycles. The maximum absolute atomic E-state index is 12.4. The summed E-state index contributed by atoms with van der Waals surface area (Å²) in [5.74, 6) is 0.433. The zero-order chi connectivity index (χ0) is 15.3. The number of hydrogen-bond donors (Lipinski definition) is 2. The molecule has 3 heteroatoms. The minimum atomic E-state index is -0.720. The Hall–Kier alpha value is -1.35. The first-order valence-corrected chi connectivity index (χ1v) is 8.09. The quantitative estimate of drug-likeness (QED) is 0.874. The van der Waals surface area contributed by atoms with E-state index in [9.17, 15) is 9.90 Å². The van der Waals surface area contributed by atoms with Crippen molar-refractivity contribution in [1.29, 1.82) is 0 Å². The summed E-state index contributed by atoms with van der Waals surface area (Å²) in [5.41, 5.74) is 0.323. The van der Waals surface area contributed by atoms with E-state index in [0.29, 0.717) is 12.5 Å². The molecule has 0 radical (unpaired) electrons. The summed E-state index contributed by atoms with van der Waals surface area (Å²) in [7, 11) is 0. The molecular formula is C18H27NO2. The molecule has 1 aromatic rings. The Labute approximate surface area is 127 Å². The average molecular weight is 289 g/mol. The van der Waals surface area contributed by atoms with Crippen LogP contribution in [0.1, 0.15) is 57.4 Å². The Kier molecular flexibility index (Phi) is 5.40. The highest BCUT2D eigenvalue weighted by atomic mass is 16.3. The second kappa shape index (κ2) is 7.08. The van der Waals surface area contributed by atoms with E-state index in [1.165, 1.54) is 6.42 Å². The van der Waals surface area contributed by atoms with Crippen molar-refractivity contribution in [3.63, 3.8) is 0 Å². The fraction of sp³-hybridized carbons (Fsp3) is 0.611. The van der Waals surface area contributed by atoms with E-state index >= 15 is 0 Å². The summed E-state index contributed by atoms with van der Waals surface area (Å²) in [6.07, 6.45) is 4.57. The third kappa shape index (κ3) is 4.31. The monoisotopic (exact) mass is 289 g/mol.